The molecule has 21 heteroatoms. The topological polar surface area (TPSA) is 151 Å². The van der Waals surface area contributed by atoms with Crippen LogP contribution in [0.25, 0.3) is 0 Å². The molecule has 6 aliphatic heterocycles. The molecule has 6 heterocycles. The molecule has 0 amide bonds. The van der Waals surface area contributed by atoms with Crippen LogP contribution in [0.5, 0.6) is 0 Å². The number of carbonyl (C=O) groups is 3. The maximum absolute atomic E-state index is 10.0. The van der Waals surface area contributed by atoms with E-state index in [9.17, 15) is 14.4 Å². The van der Waals surface area contributed by atoms with Crippen molar-refractivity contribution in [2.24, 2.45) is 0 Å². The largest absolute Gasteiger partial charge is 2.00 e. The quantitative estimate of drug-likeness (QED) is 0.131. The standard InChI is InChI=1S/3C8H12N4.3C5H8O2.3C3H8.CH4.3Pt/c3*1-9-3-5-11(7-9)12-6-4-10(2)8-12;3*1-4(6)3-5(2)7;3*1-3-2;;;;/h3*3-8H,1-2H3;3*3,6H,1-2H3;3*3H2,1-2H3;1H4;;;/q3*-2;;;;;;;;3*+2. The van der Waals surface area contributed by atoms with Gasteiger partial charge in [-0.2, -0.15) is 0 Å². The number of hydrazine groups is 3. The minimum absolute atomic E-state index is 0. The predicted molar refractivity (Wildman–Crippen MR) is 274 cm³/mol. The summed E-state index contributed by atoms with van der Waals surface area (Å²) in [6, 6.07) is 0. The Bertz CT molecular complexity index is 1370. The third kappa shape index (κ3) is 46.1. The van der Waals surface area contributed by atoms with Crippen LogP contribution in [-0.4, -0.2) is 134 Å². The Balaban J connectivity index is -0.000000132. The molecule has 6 aliphatic rings. The van der Waals surface area contributed by atoms with Gasteiger partial charge in [0, 0.05) is 55.4 Å². The number of allylic oxidation sites excluding steroid dienone is 6. The Kier molecular flexibility index (Phi) is 55.2. The van der Waals surface area contributed by atoms with E-state index in [0.29, 0.717) is 0 Å². The van der Waals surface area contributed by atoms with E-state index in [1.807, 2.05) is 216 Å². The number of ketones is 3. The molecule has 0 saturated heterocycles. The molecule has 0 aliphatic carbocycles. The molecule has 0 fully saturated rings. The maximum Gasteiger partial charge on any atom is 2.00 e. The molecule has 6 rings (SSSR count). The Labute approximate surface area is 468 Å². The average Bonchev–Trinajstić information content (AvgIpc) is 4.05. The first-order valence-corrected chi connectivity index (χ1v) is 21.7. The molecular formula is C49H88N12O6Pt3. The molecule has 0 aromatic rings. The van der Waals surface area contributed by atoms with E-state index < -0.39 is 0 Å². The summed E-state index contributed by atoms with van der Waals surface area (Å²) in [6.07, 6.45) is 31.2. The van der Waals surface area contributed by atoms with E-state index in [1.165, 1.54) is 79.0 Å². The minimum Gasteiger partial charge on any atom is -0.512 e. The van der Waals surface area contributed by atoms with Crippen LogP contribution >= 0.6 is 0 Å². The maximum atomic E-state index is 10.0. The normalized spacial score (nSPS) is 15.4. The number of rotatable bonds is 6. The fourth-order valence-electron chi connectivity index (χ4n) is 4.32. The van der Waals surface area contributed by atoms with Crippen LogP contribution in [-0.2, 0) is 77.6 Å². The molecule has 70 heavy (non-hydrogen) atoms. The van der Waals surface area contributed by atoms with Gasteiger partial charge in [0.05, 0.1) is 17.3 Å². The van der Waals surface area contributed by atoms with Crippen molar-refractivity contribution in [1.29, 1.82) is 0 Å². The summed E-state index contributed by atoms with van der Waals surface area (Å²) < 4.78 is 0. The summed E-state index contributed by atoms with van der Waals surface area (Å²) in [7, 11) is 12.0. The molecule has 0 bridgehead atoms. The second kappa shape index (κ2) is 48.4. The van der Waals surface area contributed by atoms with Crippen molar-refractivity contribution in [2.45, 2.75) is 110 Å². The molecule has 0 spiro atoms. The molecule has 410 valence electrons. The Morgan fingerprint density at radius 1 is 0.343 bits per heavy atom. The van der Waals surface area contributed by atoms with E-state index in [4.69, 9.17) is 15.3 Å². The summed E-state index contributed by atoms with van der Waals surface area (Å²) >= 11 is 0. The molecule has 3 N–H and O–H groups in total. The van der Waals surface area contributed by atoms with Gasteiger partial charge < -0.3 is 74.8 Å². The van der Waals surface area contributed by atoms with Gasteiger partial charge in [0.15, 0.2) is 17.3 Å². The zero-order chi connectivity index (χ0) is 51.4. The number of aliphatic hydroxyl groups excluding tert-OH is 3. The predicted octanol–water partition coefficient (Wildman–Crippen LogP) is 9.72. The van der Waals surface area contributed by atoms with Gasteiger partial charge in [-0.1, -0.05) is 68.2 Å². The third-order valence-electron chi connectivity index (χ3n) is 6.57. The van der Waals surface area contributed by atoms with Crippen LogP contribution < -0.4 is 0 Å². The van der Waals surface area contributed by atoms with Crippen LogP contribution in [0.3, 0.4) is 0 Å². The molecule has 0 aromatic carbocycles. The van der Waals surface area contributed by atoms with Gasteiger partial charge in [-0.25, -0.2) is 0 Å². The van der Waals surface area contributed by atoms with Crippen molar-refractivity contribution in [3.63, 3.8) is 0 Å². The summed E-state index contributed by atoms with van der Waals surface area (Å²) in [5.74, 6) is -0.187. The van der Waals surface area contributed by atoms with Gasteiger partial charge in [0.25, 0.3) is 0 Å². The van der Waals surface area contributed by atoms with E-state index in [-0.39, 0.29) is 105 Å². The molecule has 0 unspecified atom stereocenters. The van der Waals surface area contributed by atoms with E-state index in [2.05, 4.69) is 41.5 Å². The second-order valence-corrected chi connectivity index (χ2v) is 15.1. The molecule has 18 nitrogen and oxygen atoms in total. The molecule has 0 saturated carbocycles. The smallest absolute Gasteiger partial charge is 0.512 e. The van der Waals surface area contributed by atoms with E-state index in [0.717, 1.165) is 0 Å². The SMILES string of the molecule is C.CC(=O)C=C(C)O.CC(=O)C=C(C)O.CC(=O)C=C(C)O.CCC.CCC.CCC.CN1C=CN(N2C=CN(C)[CH-]2)[CH-]1.CN1C=CN(N2C=CN(C)[CH-]2)[CH-]1.CN1C=CN(N2C=CN(C)[CH-]2)[CH-]1.[Pt+2].[Pt+2].[Pt+2]. The van der Waals surface area contributed by atoms with Crippen molar-refractivity contribution in [3.05, 3.63) is 150 Å². The van der Waals surface area contributed by atoms with Crippen LogP contribution in [0.1, 0.15) is 110 Å². The van der Waals surface area contributed by atoms with Gasteiger partial charge in [0.1, 0.15) is 0 Å². The van der Waals surface area contributed by atoms with Crippen LogP contribution in [0.2, 0.25) is 0 Å². The van der Waals surface area contributed by atoms with Crippen molar-refractivity contribution >= 4 is 17.3 Å². The fourth-order valence-corrected chi connectivity index (χ4v) is 4.32. The second-order valence-electron chi connectivity index (χ2n) is 15.1. The van der Waals surface area contributed by atoms with Crippen LogP contribution in [0, 0.1) is 40.0 Å². The van der Waals surface area contributed by atoms with Crippen molar-refractivity contribution < 1.29 is 92.9 Å². The van der Waals surface area contributed by atoms with Crippen LogP contribution in [0.4, 0.5) is 0 Å². The van der Waals surface area contributed by atoms with Crippen molar-refractivity contribution in [3.8, 4) is 0 Å². The average molecular weight is 1530 g/mol. The Hall–Kier alpha value is -4.27. The first-order chi connectivity index (χ1) is 30.9. The monoisotopic (exact) mass is 1530 g/mol. The Morgan fingerprint density at radius 3 is 0.500 bits per heavy atom. The molecule has 0 atom stereocenters. The van der Waals surface area contributed by atoms with E-state index >= 15 is 0 Å². The molecular weight excluding hydrogens is 1440 g/mol. The van der Waals surface area contributed by atoms with Gasteiger partial charge in [-0.15, -0.1) is 40.0 Å². The van der Waals surface area contributed by atoms with Gasteiger partial charge in [0.2, 0.25) is 0 Å². The van der Waals surface area contributed by atoms with Gasteiger partial charge in [-0.3, -0.25) is 14.4 Å². The molecule has 0 radical (unpaired) electrons. The minimum atomic E-state index is -0.125. The number of nitrogens with zero attached hydrogens (tertiary/aromatic N) is 12. The summed E-state index contributed by atoms with van der Waals surface area (Å²) in [5.41, 5.74) is 0. The number of aliphatic hydroxyl groups is 3. The summed E-state index contributed by atoms with van der Waals surface area (Å²) in [6.45, 7) is 33.3. The van der Waals surface area contributed by atoms with Crippen molar-refractivity contribution in [1.82, 2.24) is 59.5 Å². The van der Waals surface area contributed by atoms with E-state index in [1.54, 1.807) is 0 Å². The number of hydrogen-bond acceptors (Lipinski definition) is 18. The van der Waals surface area contributed by atoms with Crippen LogP contribution in [0.15, 0.2) is 110 Å². The van der Waals surface area contributed by atoms with Crippen molar-refractivity contribution in [2.75, 3.05) is 42.3 Å². The third-order valence-corrected chi connectivity index (χ3v) is 6.57. The summed E-state index contributed by atoms with van der Waals surface area (Å²) in [5, 5.41) is 37.1. The summed E-state index contributed by atoms with van der Waals surface area (Å²) in [4.78, 5) is 42.1. The Morgan fingerprint density at radius 2 is 0.457 bits per heavy atom. The van der Waals surface area contributed by atoms with Gasteiger partial charge >= 0.3 is 63.2 Å². The zero-order valence-electron chi connectivity index (χ0n) is 44.1. The first-order valence-electron chi connectivity index (χ1n) is 21.7. The fraction of sp³-hybridized carbons (Fsp3) is 0.449. The number of carbonyl (C=O) groups excluding carboxylic acids is 3. The molecule has 0 aromatic heterocycles. The number of hydrogen-bond donors (Lipinski definition) is 3. The first kappa shape index (κ1) is 79.9. The zero-order valence-corrected chi connectivity index (χ0v) is 50.9. The van der Waals surface area contributed by atoms with Gasteiger partial charge in [-0.05, 0) is 121 Å².